The zero-order valence-corrected chi connectivity index (χ0v) is 34.1. The maximum atomic E-state index is 12.6. The number of phosphoric acid groups is 1. The van der Waals surface area contributed by atoms with E-state index in [0.29, 0.717) is 25.7 Å². The molecule has 0 bridgehead atoms. The van der Waals surface area contributed by atoms with Crippen LogP contribution in [0.25, 0.3) is 0 Å². The molecule has 53 heavy (non-hydrogen) atoms. The van der Waals surface area contributed by atoms with Gasteiger partial charge in [-0.25, -0.2) is 4.57 Å². The van der Waals surface area contributed by atoms with Crippen molar-refractivity contribution < 1.29 is 47.8 Å². The van der Waals surface area contributed by atoms with Crippen LogP contribution in [0.1, 0.15) is 168 Å². The topological polar surface area (TPSA) is 175 Å². The fourth-order valence-corrected chi connectivity index (χ4v) is 6.22. The Morgan fingerprint density at radius 3 is 1.77 bits per heavy atom. The van der Waals surface area contributed by atoms with Crippen molar-refractivity contribution >= 4 is 19.8 Å². The number of aliphatic hydroxyl groups is 2. The number of rotatable bonds is 38. The van der Waals surface area contributed by atoms with Crippen molar-refractivity contribution in [1.29, 1.82) is 0 Å². The molecule has 310 valence electrons. The van der Waals surface area contributed by atoms with E-state index in [-0.39, 0.29) is 32.6 Å². The van der Waals surface area contributed by atoms with E-state index >= 15 is 0 Å². The Morgan fingerprint density at radius 1 is 0.642 bits per heavy atom. The van der Waals surface area contributed by atoms with Crippen LogP contribution in [0, 0.1) is 0 Å². The average Bonchev–Trinajstić information content (AvgIpc) is 3.14. The Labute approximate surface area is 321 Å². The van der Waals surface area contributed by atoms with Crippen LogP contribution >= 0.6 is 7.82 Å². The molecule has 4 atom stereocenters. The van der Waals surface area contributed by atoms with E-state index in [0.717, 1.165) is 83.5 Å². The fourth-order valence-electron chi connectivity index (χ4n) is 5.45. The van der Waals surface area contributed by atoms with Crippen LogP contribution in [0.3, 0.4) is 0 Å². The quantitative estimate of drug-likeness (QED) is 0.0204. The number of carbonyl (C=O) groups excluding carboxylic acids is 2. The largest absolute Gasteiger partial charge is 0.472 e. The van der Waals surface area contributed by atoms with Gasteiger partial charge in [0.25, 0.3) is 0 Å². The number of hydrogen-bond donors (Lipinski definition) is 4. The summed E-state index contributed by atoms with van der Waals surface area (Å²) >= 11 is 0. The van der Waals surface area contributed by atoms with Gasteiger partial charge in [-0.3, -0.25) is 18.6 Å². The van der Waals surface area contributed by atoms with Crippen molar-refractivity contribution in [3.05, 3.63) is 36.5 Å². The lowest BCUT2D eigenvalue weighted by Gasteiger charge is -2.20. The van der Waals surface area contributed by atoms with E-state index in [1.54, 1.807) is 0 Å². The predicted octanol–water partition coefficient (Wildman–Crippen LogP) is 9.33. The minimum Gasteiger partial charge on any atom is -0.462 e. The van der Waals surface area contributed by atoms with Gasteiger partial charge in [-0.05, 0) is 70.6 Å². The maximum Gasteiger partial charge on any atom is 0.472 e. The molecule has 5 N–H and O–H groups in total. The van der Waals surface area contributed by atoms with E-state index in [4.69, 9.17) is 24.3 Å². The highest BCUT2D eigenvalue weighted by Crippen LogP contribution is 2.43. The lowest BCUT2D eigenvalue weighted by Crippen LogP contribution is -2.29. The summed E-state index contributed by atoms with van der Waals surface area (Å²) in [5.41, 5.74) is 5.33. The summed E-state index contributed by atoms with van der Waals surface area (Å²) in [6, 6.07) is 0. The third-order valence-corrected chi connectivity index (χ3v) is 9.68. The minimum atomic E-state index is -4.42. The van der Waals surface area contributed by atoms with Gasteiger partial charge in [0.15, 0.2) is 6.10 Å². The summed E-state index contributed by atoms with van der Waals surface area (Å²) in [5.74, 6) is -0.958. The molecular weight excluding hydrogens is 697 g/mol. The molecule has 0 saturated heterocycles. The molecule has 0 aromatic rings. The van der Waals surface area contributed by atoms with Crippen molar-refractivity contribution in [3.63, 3.8) is 0 Å². The normalized spacial score (nSPS) is 14.9. The highest BCUT2D eigenvalue weighted by molar-refractivity contribution is 7.47. The first kappa shape index (κ1) is 51.1. The molecule has 0 amide bonds. The van der Waals surface area contributed by atoms with Crippen molar-refractivity contribution in [2.24, 2.45) is 5.73 Å². The Hall–Kier alpha value is -1.85. The van der Waals surface area contributed by atoms with Gasteiger partial charge in [0.05, 0.1) is 25.4 Å². The first-order valence-corrected chi connectivity index (χ1v) is 22.1. The summed E-state index contributed by atoms with van der Waals surface area (Å²) in [5, 5.41) is 20.4. The van der Waals surface area contributed by atoms with Crippen LogP contribution in [0.2, 0.25) is 0 Å². The molecule has 0 aromatic heterocycles. The van der Waals surface area contributed by atoms with Gasteiger partial charge in [0.1, 0.15) is 6.61 Å². The van der Waals surface area contributed by atoms with Crippen LogP contribution in [0.5, 0.6) is 0 Å². The van der Waals surface area contributed by atoms with E-state index in [1.165, 1.54) is 32.1 Å². The molecule has 0 saturated carbocycles. The highest BCUT2D eigenvalue weighted by Gasteiger charge is 2.26. The monoisotopic (exact) mass is 774 g/mol. The van der Waals surface area contributed by atoms with Crippen LogP contribution in [0.4, 0.5) is 0 Å². The molecule has 0 aliphatic rings. The van der Waals surface area contributed by atoms with Gasteiger partial charge in [-0.1, -0.05) is 121 Å². The number of hydrogen-bond acceptors (Lipinski definition) is 10. The summed E-state index contributed by atoms with van der Waals surface area (Å²) in [4.78, 5) is 34.8. The number of carbonyl (C=O) groups is 2. The number of phosphoric ester groups is 1. The molecule has 0 rings (SSSR count). The van der Waals surface area contributed by atoms with Gasteiger partial charge >= 0.3 is 19.8 Å². The molecular formula is C41H76NO10P. The van der Waals surface area contributed by atoms with Crippen molar-refractivity contribution in [3.8, 4) is 0 Å². The third-order valence-electron chi connectivity index (χ3n) is 8.70. The molecule has 11 nitrogen and oxygen atoms in total. The van der Waals surface area contributed by atoms with E-state index in [1.807, 2.05) is 6.08 Å². The van der Waals surface area contributed by atoms with Crippen LogP contribution in [-0.2, 0) is 32.7 Å². The van der Waals surface area contributed by atoms with Crippen molar-refractivity contribution in [1.82, 2.24) is 0 Å². The number of esters is 2. The lowest BCUT2D eigenvalue weighted by atomic mass is 10.0. The number of aliphatic hydroxyl groups excluding tert-OH is 2. The Bertz CT molecular complexity index is 1010. The molecule has 0 radical (unpaired) electrons. The Morgan fingerprint density at radius 2 is 1.17 bits per heavy atom. The number of nitrogens with two attached hydrogens (primary N) is 1. The molecule has 0 aromatic carbocycles. The van der Waals surface area contributed by atoms with Gasteiger partial charge in [-0.2, -0.15) is 0 Å². The van der Waals surface area contributed by atoms with Crippen molar-refractivity contribution in [2.75, 3.05) is 26.4 Å². The molecule has 1 unspecified atom stereocenters. The molecule has 12 heteroatoms. The van der Waals surface area contributed by atoms with Crippen LogP contribution < -0.4 is 5.73 Å². The fraction of sp³-hybridized carbons (Fsp3) is 0.805. The number of ether oxygens (including phenoxy) is 2. The predicted molar refractivity (Wildman–Crippen MR) is 213 cm³/mol. The lowest BCUT2D eigenvalue weighted by molar-refractivity contribution is -0.161. The summed E-state index contributed by atoms with van der Waals surface area (Å²) in [6.07, 6.45) is 31.9. The first-order chi connectivity index (χ1) is 25.6. The van der Waals surface area contributed by atoms with Gasteiger partial charge < -0.3 is 30.3 Å². The smallest absolute Gasteiger partial charge is 0.462 e. The molecule has 0 aliphatic carbocycles. The number of unbranched alkanes of at least 4 members (excludes halogenated alkanes) is 15. The average molecular weight is 774 g/mol. The van der Waals surface area contributed by atoms with E-state index in [9.17, 15) is 29.3 Å². The van der Waals surface area contributed by atoms with Gasteiger partial charge in [0, 0.05) is 19.4 Å². The second-order valence-corrected chi connectivity index (χ2v) is 15.3. The number of allylic oxidation sites excluding steroid dienone is 5. The molecule has 0 heterocycles. The van der Waals surface area contributed by atoms with Crippen molar-refractivity contribution in [2.45, 2.75) is 186 Å². The minimum absolute atomic E-state index is 0.0253. The summed E-state index contributed by atoms with van der Waals surface area (Å²) < 4.78 is 32.6. The van der Waals surface area contributed by atoms with Gasteiger partial charge in [0.2, 0.25) is 0 Å². The van der Waals surface area contributed by atoms with Crippen LogP contribution in [-0.4, -0.2) is 71.7 Å². The zero-order chi connectivity index (χ0) is 39.3. The third kappa shape index (κ3) is 35.6. The Kier molecular flexibility index (Phi) is 35.8. The maximum absolute atomic E-state index is 12.6. The highest BCUT2D eigenvalue weighted by atomic mass is 31.2. The molecule has 0 fully saturated rings. The standard InChI is InChI=1S/C41H76NO10P/c1-3-5-7-9-11-12-13-14-15-16-17-18-19-23-27-31-40(45)49-35-37(36-51-53(47,48)50-34-33-42)52-41(46)32-28-24-20-22-26-30-39(44)38(43)29-25-21-10-8-6-4-2/h11-12,14-15,21,25,37-39,43-44H,3-10,13,16-20,22-24,26-36,42H2,1-2H3,(H,47,48)/b12-11-,15-14-,25-21-/t37-,38+,39+/m1/s1. The first-order valence-electron chi connectivity index (χ1n) is 20.6. The van der Waals surface area contributed by atoms with Gasteiger partial charge in [-0.15, -0.1) is 0 Å². The second-order valence-electron chi connectivity index (χ2n) is 13.8. The summed E-state index contributed by atoms with van der Waals surface area (Å²) in [7, 11) is -4.42. The SMILES string of the molecule is CCCCC/C=C\C/C=C\CCCCCCCC(=O)OC[C@H](COP(=O)(O)OCCN)OC(=O)CCCCCCC[C@H](O)[C@@H](O)C/C=C\CCCCC. The second kappa shape index (κ2) is 37.1. The molecule has 0 spiro atoms. The van der Waals surface area contributed by atoms with Crippen LogP contribution in [0.15, 0.2) is 36.5 Å². The van der Waals surface area contributed by atoms with E-state index in [2.05, 4.69) is 44.2 Å². The summed E-state index contributed by atoms with van der Waals surface area (Å²) in [6.45, 7) is 3.44. The zero-order valence-electron chi connectivity index (χ0n) is 33.2. The van der Waals surface area contributed by atoms with E-state index < -0.39 is 44.7 Å². The Balaban J connectivity index is 4.34. The molecule has 0 aliphatic heterocycles.